The van der Waals surface area contributed by atoms with Crippen molar-refractivity contribution in [2.24, 2.45) is 0 Å². The highest BCUT2D eigenvalue weighted by molar-refractivity contribution is 7.13. The number of thiazole rings is 1. The van der Waals surface area contributed by atoms with E-state index in [-0.39, 0.29) is 12.1 Å². The number of ether oxygens (including phenoxy) is 1. The lowest BCUT2D eigenvalue weighted by Crippen LogP contribution is -2.35. The summed E-state index contributed by atoms with van der Waals surface area (Å²) in [4.78, 5) is 16.8. The minimum Gasteiger partial charge on any atom is -0.493 e. The number of nitrogens with zero attached hydrogens (tertiary/aromatic N) is 1. The number of fused-ring (bicyclic) bond motifs is 1. The van der Waals surface area contributed by atoms with Crippen LogP contribution in [0.15, 0.2) is 60.0 Å². The lowest BCUT2D eigenvalue weighted by atomic mass is 10.0. The predicted octanol–water partition coefficient (Wildman–Crippen LogP) is 4.46. The van der Waals surface area contributed by atoms with Crippen LogP contribution in [-0.2, 0) is 0 Å². The number of hydrogen-bond donors (Lipinski definition) is 2. The largest absolute Gasteiger partial charge is 0.493 e. The summed E-state index contributed by atoms with van der Waals surface area (Å²) in [5, 5.41) is 8.55. The van der Waals surface area contributed by atoms with Crippen LogP contribution in [0.5, 0.6) is 5.75 Å². The number of hydrogen-bond acceptors (Lipinski definition) is 4. The Balaban J connectivity index is 1.43. The van der Waals surface area contributed by atoms with Crippen molar-refractivity contribution in [3.63, 3.8) is 0 Å². The highest BCUT2D eigenvalue weighted by atomic mass is 32.1. The molecule has 3 aromatic rings. The monoisotopic (exact) mass is 351 g/mol. The van der Waals surface area contributed by atoms with Crippen LogP contribution < -0.4 is 15.4 Å². The molecule has 0 saturated heterocycles. The normalized spacial score (nSPS) is 15.8. The van der Waals surface area contributed by atoms with Gasteiger partial charge in [-0.15, -0.1) is 11.3 Å². The van der Waals surface area contributed by atoms with Crippen LogP contribution in [0.2, 0.25) is 0 Å². The summed E-state index contributed by atoms with van der Waals surface area (Å²) in [6.45, 7) is 0.594. The van der Waals surface area contributed by atoms with Crippen molar-refractivity contribution in [1.29, 1.82) is 0 Å². The zero-order valence-electron chi connectivity index (χ0n) is 13.4. The van der Waals surface area contributed by atoms with Gasteiger partial charge in [-0.25, -0.2) is 9.78 Å². The van der Waals surface area contributed by atoms with E-state index < -0.39 is 0 Å². The maximum atomic E-state index is 12.3. The molecule has 1 atom stereocenters. The van der Waals surface area contributed by atoms with Gasteiger partial charge in [-0.2, -0.15) is 0 Å². The van der Waals surface area contributed by atoms with E-state index >= 15 is 0 Å². The van der Waals surface area contributed by atoms with Gasteiger partial charge in [0.25, 0.3) is 0 Å². The first-order chi connectivity index (χ1) is 12.3. The molecule has 1 aromatic heterocycles. The van der Waals surface area contributed by atoms with Gasteiger partial charge in [-0.3, -0.25) is 5.32 Å². The van der Waals surface area contributed by atoms with E-state index in [4.69, 9.17) is 4.74 Å². The van der Waals surface area contributed by atoms with E-state index in [2.05, 4.69) is 15.6 Å². The number of carbonyl (C=O) groups excluding carboxylic acids is 1. The third-order valence-corrected chi connectivity index (χ3v) is 4.92. The van der Waals surface area contributed by atoms with Crippen LogP contribution in [-0.4, -0.2) is 17.6 Å². The summed E-state index contributed by atoms with van der Waals surface area (Å²) in [7, 11) is 0. The molecule has 0 radical (unpaired) electrons. The van der Waals surface area contributed by atoms with E-state index in [9.17, 15) is 4.79 Å². The fraction of sp³-hybridized carbons (Fsp3) is 0.158. The Bertz CT molecular complexity index is 879. The van der Waals surface area contributed by atoms with Gasteiger partial charge in [0.15, 0.2) is 0 Å². The predicted molar refractivity (Wildman–Crippen MR) is 99.0 cm³/mol. The number of aromatic nitrogens is 1. The first kappa shape index (κ1) is 15.7. The molecule has 0 bridgehead atoms. The van der Waals surface area contributed by atoms with Crippen LogP contribution >= 0.6 is 11.3 Å². The van der Waals surface area contributed by atoms with E-state index in [1.165, 1.54) is 11.3 Å². The summed E-state index contributed by atoms with van der Waals surface area (Å²) in [6, 6.07) is 17.4. The van der Waals surface area contributed by atoms with Crippen molar-refractivity contribution in [1.82, 2.24) is 10.3 Å². The van der Waals surface area contributed by atoms with Gasteiger partial charge in [-0.1, -0.05) is 48.5 Å². The minimum atomic E-state index is -0.258. The fourth-order valence-corrected chi connectivity index (χ4v) is 3.61. The number of anilines is 1. The molecule has 0 spiro atoms. The second-order valence-electron chi connectivity index (χ2n) is 5.73. The minimum absolute atomic E-state index is 0.0582. The smallest absolute Gasteiger partial charge is 0.320 e. The third-order valence-electron chi connectivity index (χ3n) is 4.03. The number of rotatable bonds is 3. The Labute approximate surface area is 149 Å². The van der Waals surface area contributed by atoms with Gasteiger partial charge in [0.2, 0.25) is 0 Å². The molecule has 0 aliphatic carbocycles. The van der Waals surface area contributed by atoms with Gasteiger partial charge < -0.3 is 10.1 Å². The summed E-state index contributed by atoms with van der Waals surface area (Å²) >= 11 is 1.51. The average Bonchev–Trinajstić information content (AvgIpc) is 3.11. The Morgan fingerprint density at radius 2 is 1.92 bits per heavy atom. The Morgan fingerprint density at radius 1 is 1.12 bits per heavy atom. The molecule has 0 fully saturated rings. The van der Waals surface area contributed by atoms with E-state index in [1.54, 1.807) is 0 Å². The number of amides is 2. The number of para-hydroxylation sites is 1. The van der Waals surface area contributed by atoms with Crippen molar-refractivity contribution in [3.05, 3.63) is 65.5 Å². The van der Waals surface area contributed by atoms with Crippen LogP contribution in [0, 0.1) is 0 Å². The van der Waals surface area contributed by atoms with Crippen molar-refractivity contribution in [3.8, 4) is 16.3 Å². The summed E-state index contributed by atoms with van der Waals surface area (Å²) in [5.74, 6) is 1.39. The van der Waals surface area contributed by atoms with Crippen LogP contribution in [0.4, 0.5) is 10.6 Å². The van der Waals surface area contributed by atoms with Crippen molar-refractivity contribution < 1.29 is 9.53 Å². The third kappa shape index (κ3) is 3.49. The summed E-state index contributed by atoms with van der Waals surface area (Å²) < 4.78 is 5.62. The second kappa shape index (κ2) is 6.94. The molecular formula is C19H17N3O2S. The molecular weight excluding hydrogens is 334 g/mol. The number of carbonyl (C=O) groups is 1. The van der Waals surface area contributed by atoms with Gasteiger partial charge in [0.1, 0.15) is 16.6 Å². The Morgan fingerprint density at radius 3 is 2.80 bits per heavy atom. The average molecular weight is 351 g/mol. The van der Waals surface area contributed by atoms with Crippen LogP contribution in [0.1, 0.15) is 18.0 Å². The molecule has 2 amide bonds. The standard InChI is InChI=1S/C19H17N3O2S/c23-19(20-15-10-11-24-16-9-5-4-8-14(15)16)22-17-12-25-18(21-17)13-6-2-1-3-7-13/h1-9,12,15H,10-11H2,(H2,20,22,23)/t15-/m0/s1. The van der Waals surface area contributed by atoms with Crippen molar-refractivity contribution in [2.75, 3.05) is 11.9 Å². The maximum Gasteiger partial charge on any atom is 0.320 e. The number of benzene rings is 2. The van der Waals surface area contributed by atoms with E-state index in [0.29, 0.717) is 12.4 Å². The van der Waals surface area contributed by atoms with Crippen molar-refractivity contribution >= 4 is 23.2 Å². The van der Waals surface area contributed by atoms with Crippen LogP contribution in [0.25, 0.3) is 10.6 Å². The Hall–Kier alpha value is -2.86. The molecule has 5 nitrogen and oxygen atoms in total. The summed E-state index contributed by atoms with van der Waals surface area (Å²) in [5.41, 5.74) is 2.05. The first-order valence-electron chi connectivity index (χ1n) is 8.10. The van der Waals surface area contributed by atoms with Gasteiger partial charge >= 0.3 is 6.03 Å². The molecule has 0 unspecified atom stereocenters. The highest BCUT2D eigenvalue weighted by Crippen LogP contribution is 2.31. The lowest BCUT2D eigenvalue weighted by molar-refractivity contribution is 0.232. The topological polar surface area (TPSA) is 63.2 Å². The molecule has 2 heterocycles. The van der Waals surface area contributed by atoms with Crippen molar-refractivity contribution in [2.45, 2.75) is 12.5 Å². The first-order valence-corrected chi connectivity index (χ1v) is 8.98. The molecule has 1 aliphatic rings. The lowest BCUT2D eigenvalue weighted by Gasteiger charge is -2.26. The number of urea groups is 1. The zero-order chi connectivity index (χ0) is 17.1. The molecule has 4 rings (SSSR count). The quantitative estimate of drug-likeness (QED) is 0.732. The zero-order valence-corrected chi connectivity index (χ0v) is 14.3. The molecule has 2 aromatic carbocycles. The molecule has 0 saturated carbocycles. The molecule has 1 aliphatic heterocycles. The molecule has 2 N–H and O–H groups in total. The fourth-order valence-electron chi connectivity index (χ4n) is 2.85. The van der Waals surface area contributed by atoms with Crippen LogP contribution in [0.3, 0.4) is 0 Å². The molecule has 25 heavy (non-hydrogen) atoms. The second-order valence-corrected chi connectivity index (χ2v) is 6.59. The van der Waals surface area contributed by atoms with Gasteiger partial charge in [-0.05, 0) is 6.07 Å². The molecule has 126 valence electrons. The molecule has 6 heteroatoms. The highest BCUT2D eigenvalue weighted by Gasteiger charge is 2.22. The summed E-state index contributed by atoms with van der Waals surface area (Å²) in [6.07, 6.45) is 0.747. The Kier molecular flexibility index (Phi) is 4.35. The maximum absolute atomic E-state index is 12.3. The SMILES string of the molecule is O=C(Nc1csc(-c2ccccc2)n1)N[C@H]1CCOc2ccccc21. The van der Waals surface area contributed by atoms with E-state index in [1.807, 2.05) is 60.0 Å². The van der Waals surface area contributed by atoms with Gasteiger partial charge in [0.05, 0.1) is 12.6 Å². The van der Waals surface area contributed by atoms with Gasteiger partial charge in [0, 0.05) is 22.9 Å². The number of nitrogens with one attached hydrogen (secondary N) is 2. The van der Waals surface area contributed by atoms with E-state index in [0.717, 1.165) is 28.3 Å².